The molecule has 2 aliphatic heterocycles. The van der Waals surface area contributed by atoms with Crippen molar-refractivity contribution in [1.82, 2.24) is 4.90 Å². The van der Waals surface area contributed by atoms with Crippen LogP contribution in [-0.4, -0.2) is 57.2 Å². The zero-order valence-corrected chi connectivity index (χ0v) is 20.4. The normalized spacial score (nSPS) is 19.4. The van der Waals surface area contributed by atoms with Gasteiger partial charge < -0.3 is 19.7 Å². The number of rotatable bonds is 7. The van der Waals surface area contributed by atoms with Crippen LogP contribution in [0.25, 0.3) is 0 Å². The van der Waals surface area contributed by atoms with Crippen molar-refractivity contribution in [2.24, 2.45) is 5.92 Å². The molecule has 2 atom stereocenters. The first-order valence-electron chi connectivity index (χ1n) is 12.3. The fourth-order valence-electron chi connectivity index (χ4n) is 5.40. The topological polar surface area (TPSA) is 54.0 Å². The monoisotopic (exact) mass is 471 g/mol. The Bertz CT molecular complexity index is 1170. The number of hydrogen-bond donors (Lipinski definition) is 1. The lowest BCUT2D eigenvalue weighted by Crippen LogP contribution is -2.60. The summed E-state index contributed by atoms with van der Waals surface area (Å²) in [5, 5.41) is 3.15. The minimum absolute atomic E-state index is 0.0478. The molecule has 0 radical (unpaired) electrons. The average molecular weight is 472 g/mol. The molecule has 2 aliphatic rings. The maximum Gasteiger partial charge on any atom is 0.229 e. The van der Waals surface area contributed by atoms with Crippen molar-refractivity contribution in [2.75, 3.05) is 50.6 Å². The van der Waals surface area contributed by atoms with Gasteiger partial charge in [0.25, 0.3) is 0 Å². The van der Waals surface area contributed by atoms with Gasteiger partial charge in [-0.2, -0.15) is 0 Å². The van der Waals surface area contributed by atoms with Crippen LogP contribution in [0.5, 0.6) is 11.5 Å². The van der Waals surface area contributed by atoms with Gasteiger partial charge in [0.05, 0.1) is 26.2 Å². The molecule has 6 heteroatoms. The van der Waals surface area contributed by atoms with E-state index >= 15 is 0 Å². The summed E-state index contributed by atoms with van der Waals surface area (Å²) in [5.74, 6) is 1.15. The van der Waals surface area contributed by atoms with Gasteiger partial charge in [-0.15, -0.1) is 0 Å². The summed E-state index contributed by atoms with van der Waals surface area (Å²) in [7, 11) is 3.21. The lowest BCUT2D eigenvalue weighted by atomic mass is 9.83. The molecular formula is C29H33N3O3. The van der Waals surface area contributed by atoms with Gasteiger partial charge in [0, 0.05) is 43.6 Å². The van der Waals surface area contributed by atoms with Crippen LogP contribution in [0.4, 0.5) is 11.4 Å². The van der Waals surface area contributed by atoms with Gasteiger partial charge >= 0.3 is 0 Å². The fourth-order valence-corrected chi connectivity index (χ4v) is 5.40. The van der Waals surface area contributed by atoms with Gasteiger partial charge in [0.2, 0.25) is 5.91 Å². The van der Waals surface area contributed by atoms with E-state index in [1.54, 1.807) is 14.2 Å². The number of anilines is 2. The highest BCUT2D eigenvalue weighted by Gasteiger charge is 2.41. The highest BCUT2D eigenvalue weighted by molar-refractivity contribution is 5.94. The van der Waals surface area contributed by atoms with Crippen LogP contribution in [0.3, 0.4) is 0 Å². The van der Waals surface area contributed by atoms with Crippen molar-refractivity contribution in [1.29, 1.82) is 0 Å². The van der Waals surface area contributed by atoms with Crippen molar-refractivity contribution in [2.45, 2.75) is 18.9 Å². The molecule has 0 spiro atoms. The lowest BCUT2D eigenvalue weighted by molar-refractivity contribution is -0.121. The van der Waals surface area contributed by atoms with Crippen LogP contribution in [0.2, 0.25) is 0 Å². The maximum atomic E-state index is 13.6. The average Bonchev–Trinajstić information content (AvgIpc) is 2.91. The van der Waals surface area contributed by atoms with Crippen molar-refractivity contribution in [3.05, 3.63) is 83.9 Å². The number of para-hydroxylation sites is 1. The van der Waals surface area contributed by atoms with Gasteiger partial charge in [0.15, 0.2) is 11.5 Å². The molecule has 1 saturated heterocycles. The Morgan fingerprint density at radius 3 is 2.51 bits per heavy atom. The fraction of sp³-hybridized carbons (Fsp3) is 0.345. The molecule has 0 aromatic heterocycles. The van der Waals surface area contributed by atoms with Crippen LogP contribution < -0.4 is 19.7 Å². The van der Waals surface area contributed by atoms with Gasteiger partial charge in [0.1, 0.15) is 0 Å². The smallest absolute Gasteiger partial charge is 0.229 e. The Morgan fingerprint density at radius 1 is 0.943 bits per heavy atom. The Morgan fingerprint density at radius 2 is 1.71 bits per heavy atom. The highest BCUT2D eigenvalue weighted by Crippen LogP contribution is 2.37. The van der Waals surface area contributed by atoms with Gasteiger partial charge in [-0.25, -0.2) is 0 Å². The Balaban J connectivity index is 1.35. The number of piperazine rings is 1. The molecule has 5 rings (SSSR count). The van der Waals surface area contributed by atoms with E-state index in [4.69, 9.17) is 9.47 Å². The third kappa shape index (κ3) is 4.98. The summed E-state index contributed by atoms with van der Waals surface area (Å²) in [6.45, 7) is 3.81. The predicted molar refractivity (Wildman–Crippen MR) is 140 cm³/mol. The summed E-state index contributed by atoms with van der Waals surface area (Å²) in [5.41, 5.74) is 4.59. The van der Waals surface area contributed by atoms with Crippen LogP contribution in [0, 0.1) is 5.92 Å². The zero-order valence-electron chi connectivity index (χ0n) is 20.4. The number of carbonyl (C=O) groups is 1. The number of nitrogens with zero attached hydrogens (tertiary/aromatic N) is 2. The summed E-state index contributed by atoms with van der Waals surface area (Å²) >= 11 is 0. The molecular weight excluding hydrogens is 438 g/mol. The predicted octanol–water partition coefficient (Wildman–Crippen LogP) is 4.25. The molecule has 6 nitrogen and oxygen atoms in total. The summed E-state index contributed by atoms with van der Waals surface area (Å²) in [4.78, 5) is 18.6. The minimum atomic E-state index is -0.141. The molecule has 1 fully saturated rings. The van der Waals surface area contributed by atoms with Crippen LogP contribution in [0.15, 0.2) is 72.8 Å². The molecule has 0 saturated carbocycles. The second kappa shape index (κ2) is 10.4. The molecule has 0 bridgehead atoms. The highest BCUT2D eigenvalue weighted by atomic mass is 16.5. The third-order valence-corrected chi connectivity index (χ3v) is 7.26. The summed E-state index contributed by atoms with van der Waals surface area (Å²) in [6, 6.07) is 24.8. The number of fused-ring (bicyclic) bond motifs is 3. The van der Waals surface area contributed by atoms with Gasteiger partial charge in [-0.05, 0) is 42.2 Å². The van der Waals surface area contributed by atoms with Gasteiger partial charge in [-0.3, -0.25) is 9.69 Å². The second-order valence-corrected chi connectivity index (χ2v) is 9.30. The largest absolute Gasteiger partial charge is 0.493 e. The van der Waals surface area contributed by atoms with E-state index in [0.29, 0.717) is 11.5 Å². The van der Waals surface area contributed by atoms with E-state index in [9.17, 15) is 4.79 Å². The Kier molecular flexibility index (Phi) is 6.91. The van der Waals surface area contributed by atoms with E-state index in [1.807, 2.05) is 18.2 Å². The Labute approximate surface area is 207 Å². The van der Waals surface area contributed by atoms with E-state index in [2.05, 4.69) is 69.7 Å². The maximum absolute atomic E-state index is 13.6. The van der Waals surface area contributed by atoms with Crippen molar-refractivity contribution in [3.8, 4) is 11.5 Å². The molecule has 35 heavy (non-hydrogen) atoms. The number of amides is 1. The quantitative estimate of drug-likeness (QED) is 0.558. The summed E-state index contributed by atoms with van der Waals surface area (Å²) < 4.78 is 10.8. The number of hydrogen-bond acceptors (Lipinski definition) is 5. The minimum Gasteiger partial charge on any atom is -0.493 e. The van der Waals surface area contributed by atoms with Crippen LogP contribution in [-0.2, 0) is 17.6 Å². The Hall–Kier alpha value is -3.51. The lowest BCUT2D eigenvalue weighted by Gasteiger charge is -2.49. The first kappa shape index (κ1) is 23.2. The van der Waals surface area contributed by atoms with Crippen LogP contribution >= 0.6 is 0 Å². The van der Waals surface area contributed by atoms with E-state index in [1.165, 1.54) is 16.8 Å². The third-order valence-electron chi connectivity index (χ3n) is 7.26. The second-order valence-electron chi connectivity index (χ2n) is 9.30. The first-order chi connectivity index (χ1) is 17.2. The van der Waals surface area contributed by atoms with Gasteiger partial charge in [-0.1, -0.05) is 48.5 Å². The van der Waals surface area contributed by atoms with Crippen molar-refractivity contribution >= 4 is 17.3 Å². The van der Waals surface area contributed by atoms with E-state index in [0.717, 1.165) is 44.7 Å². The molecule has 182 valence electrons. The molecule has 3 aromatic carbocycles. The van der Waals surface area contributed by atoms with E-state index < -0.39 is 0 Å². The number of carbonyl (C=O) groups excluding carboxylic acids is 1. The number of nitrogens with one attached hydrogen (secondary N) is 1. The molecule has 1 N–H and O–H groups in total. The molecule has 3 aromatic rings. The zero-order chi connectivity index (χ0) is 24.2. The van der Waals surface area contributed by atoms with Crippen molar-refractivity contribution in [3.63, 3.8) is 0 Å². The molecule has 1 amide bonds. The number of methoxy groups -OCH3 is 2. The summed E-state index contributed by atoms with van der Waals surface area (Å²) in [6.07, 6.45) is 1.76. The molecule has 2 unspecified atom stereocenters. The first-order valence-corrected chi connectivity index (χ1v) is 12.3. The van der Waals surface area contributed by atoms with Crippen molar-refractivity contribution < 1.29 is 14.3 Å². The number of benzene rings is 3. The molecule has 0 aliphatic carbocycles. The standard InChI is InChI=1S/C29H33N3O3/c1-34-27-13-12-23(19-28(27)35-2)30-29(33)24-18-22-10-6-7-11-25(22)32-17-16-31(20-26(24)32)15-14-21-8-4-3-5-9-21/h3-13,19,24,26H,14-18,20H2,1-2H3,(H,30,33). The van der Waals surface area contributed by atoms with Crippen LogP contribution in [0.1, 0.15) is 11.1 Å². The van der Waals surface area contributed by atoms with E-state index in [-0.39, 0.29) is 17.9 Å². The SMILES string of the molecule is COc1ccc(NC(=O)C2Cc3ccccc3N3CCN(CCc4ccccc4)CC23)cc1OC. The molecule has 2 heterocycles. The number of ether oxygens (including phenoxy) is 2.